The highest BCUT2D eigenvalue weighted by Crippen LogP contribution is 2.25. The first-order chi connectivity index (χ1) is 15.7. The van der Waals surface area contributed by atoms with Gasteiger partial charge in [0.2, 0.25) is 0 Å². The summed E-state index contributed by atoms with van der Waals surface area (Å²) in [6, 6.07) is 14.3. The predicted octanol–water partition coefficient (Wildman–Crippen LogP) is 4.87. The monoisotopic (exact) mass is 571 g/mol. The zero-order valence-electron chi connectivity index (χ0n) is 19.5. The van der Waals surface area contributed by atoms with E-state index in [1.807, 2.05) is 24.3 Å². The Labute approximate surface area is 213 Å². The van der Waals surface area contributed by atoms with Gasteiger partial charge in [-0.3, -0.25) is 4.99 Å². The van der Waals surface area contributed by atoms with Gasteiger partial charge in [-0.25, -0.2) is 4.39 Å². The first-order valence-corrected chi connectivity index (χ1v) is 11.3. The third-order valence-corrected chi connectivity index (χ3v) is 5.46. The number of methoxy groups -OCH3 is 1. The van der Waals surface area contributed by atoms with E-state index in [2.05, 4.69) is 15.2 Å². The molecule has 0 atom stereocenters. The largest absolute Gasteiger partial charge is 0.454 e. The summed E-state index contributed by atoms with van der Waals surface area (Å²) in [5.74, 6) is 1.38. The molecule has 1 aliphatic rings. The second-order valence-corrected chi connectivity index (χ2v) is 7.81. The smallest absolute Gasteiger partial charge is 0.193 e. The van der Waals surface area contributed by atoms with Crippen LogP contribution in [-0.2, 0) is 15.9 Å². The van der Waals surface area contributed by atoms with E-state index in [4.69, 9.17) is 14.2 Å². The van der Waals surface area contributed by atoms with Crippen molar-refractivity contribution in [3.63, 3.8) is 0 Å². The molecule has 0 amide bonds. The predicted molar refractivity (Wildman–Crippen MR) is 140 cm³/mol. The van der Waals surface area contributed by atoms with E-state index in [9.17, 15) is 4.39 Å². The molecule has 0 bridgehead atoms. The molecule has 182 valence electrons. The summed E-state index contributed by atoms with van der Waals surface area (Å²) in [4.78, 5) is 6.67. The Morgan fingerprint density at radius 3 is 2.55 bits per heavy atom. The second-order valence-electron chi connectivity index (χ2n) is 7.81. The molecule has 2 aromatic carbocycles. The van der Waals surface area contributed by atoms with Crippen LogP contribution in [0.5, 0.6) is 11.5 Å². The van der Waals surface area contributed by atoms with E-state index in [0.29, 0.717) is 24.8 Å². The summed E-state index contributed by atoms with van der Waals surface area (Å²) in [5.41, 5.74) is 0.911. The summed E-state index contributed by atoms with van der Waals surface area (Å²) in [6.07, 6.45) is 3.91. The molecule has 3 rings (SSSR count). The Bertz CT molecular complexity index is 846. The van der Waals surface area contributed by atoms with E-state index in [1.165, 1.54) is 6.07 Å². The highest BCUT2D eigenvalue weighted by atomic mass is 127. The zero-order valence-corrected chi connectivity index (χ0v) is 21.8. The van der Waals surface area contributed by atoms with Crippen molar-refractivity contribution in [2.75, 3.05) is 47.0 Å². The maximum Gasteiger partial charge on any atom is 0.193 e. The minimum atomic E-state index is -0.358. The molecule has 1 saturated heterocycles. The Hall–Kier alpha value is -1.91. The van der Waals surface area contributed by atoms with Crippen LogP contribution in [0.3, 0.4) is 0 Å². The number of halogens is 2. The number of piperidine rings is 1. The molecule has 1 fully saturated rings. The molecule has 2 aromatic rings. The normalized spacial score (nSPS) is 14.6. The first kappa shape index (κ1) is 27.3. The quantitative estimate of drug-likeness (QED) is 0.191. The standard InChI is InChI=1S/C25H34FN3O3.HI/c1-27-25(29-15-12-21(13-16-29)31-18-6-17-30-2)28-14-11-20-9-10-24(23(26)19-20)32-22-7-4-3-5-8-22;/h3-5,7-10,19,21H,6,11-18H2,1-2H3,(H,27,28);1H. The van der Waals surface area contributed by atoms with Gasteiger partial charge in [0, 0.05) is 47.0 Å². The minimum absolute atomic E-state index is 0. The van der Waals surface area contributed by atoms with Crippen molar-refractivity contribution in [1.29, 1.82) is 0 Å². The van der Waals surface area contributed by atoms with Crippen LogP contribution >= 0.6 is 24.0 Å². The van der Waals surface area contributed by atoms with Crippen LogP contribution in [0.2, 0.25) is 0 Å². The number of rotatable bonds is 10. The second kappa shape index (κ2) is 15.1. The Kier molecular flexibility index (Phi) is 12.5. The molecule has 1 N–H and O–H groups in total. The summed E-state index contributed by atoms with van der Waals surface area (Å²) in [5, 5.41) is 3.40. The van der Waals surface area contributed by atoms with Gasteiger partial charge in [0.1, 0.15) is 5.75 Å². The molecule has 1 aliphatic heterocycles. The lowest BCUT2D eigenvalue weighted by molar-refractivity contribution is 0.00992. The number of guanidine groups is 1. The molecule has 0 unspecified atom stereocenters. The highest BCUT2D eigenvalue weighted by molar-refractivity contribution is 14.0. The molecule has 0 radical (unpaired) electrons. The fourth-order valence-electron chi connectivity index (χ4n) is 3.74. The third kappa shape index (κ3) is 9.10. The maximum absolute atomic E-state index is 14.5. The van der Waals surface area contributed by atoms with E-state index < -0.39 is 0 Å². The summed E-state index contributed by atoms with van der Waals surface area (Å²) >= 11 is 0. The molecule has 1 heterocycles. The van der Waals surface area contributed by atoms with Crippen LogP contribution in [0, 0.1) is 5.82 Å². The van der Waals surface area contributed by atoms with Crippen molar-refractivity contribution in [3.05, 3.63) is 59.9 Å². The molecule has 0 aromatic heterocycles. The van der Waals surface area contributed by atoms with Crippen molar-refractivity contribution >= 4 is 29.9 Å². The van der Waals surface area contributed by atoms with Gasteiger partial charge in [-0.15, -0.1) is 24.0 Å². The molecule has 0 spiro atoms. The van der Waals surface area contributed by atoms with Gasteiger partial charge in [-0.2, -0.15) is 0 Å². The molecule has 6 nitrogen and oxygen atoms in total. The lowest BCUT2D eigenvalue weighted by Crippen LogP contribution is -2.47. The van der Waals surface area contributed by atoms with Crippen molar-refractivity contribution in [2.45, 2.75) is 31.8 Å². The zero-order chi connectivity index (χ0) is 22.6. The average Bonchev–Trinajstić information content (AvgIpc) is 2.82. The van der Waals surface area contributed by atoms with Crippen LogP contribution in [0.25, 0.3) is 0 Å². The fourth-order valence-corrected chi connectivity index (χ4v) is 3.74. The van der Waals surface area contributed by atoms with Crippen molar-refractivity contribution in [3.8, 4) is 11.5 Å². The molecule has 8 heteroatoms. The Morgan fingerprint density at radius 2 is 1.88 bits per heavy atom. The highest BCUT2D eigenvalue weighted by Gasteiger charge is 2.21. The number of hydrogen-bond donors (Lipinski definition) is 1. The topological polar surface area (TPSA) is 55.3 Å². The van der Waals surface area contributed by atoms with Crippen LogP contribution in [-0.4, -0.2) is 64.0 Å². The Morgan fingerprint density at radius 1 is 1.12 bits per heavy atom. The van der Waals surface area contributed by atoms with Crippen LogP contribution in [0.1, 0.15) is 24.8 Å². The Balaban J connectivity index is 0.00000385. The van der Waals surface area contributed by atoms with Crippen molar-refractivity contribution in [2.24, 2.45) is 4.99 Å². The number of para-hydroxylation sites is 1. The molecular weight excluding hydrogens is 536 g/mol. The number of ether oxygens (including phenoxy) is 3. The number of aliphatic imine (C=N–C) groups is 1. The lowest BCUT2D eigenvalue weighted by Gasteiger charge is -2.34. The number of benzene rings is 2. The number of hydrogen-bond acceptors (Lipinski definition) is 4. The van der Waals surface area contributed by atoms with Crippen LogP contribution in [0.4, 0.5) is 4.39 Å². The lowest BCUT2D eigenvalue weighted by atomic mass is 10.1. The van der Waals surface area contributed by atoms with Gasteiger partial charge < -0.3 is 24.4 Å². The van der Waals surface area contributed by atoms with E-state index >= 15 is 0 Å². The number of nitrogens with zero attached hydrogens (tertiary/aromatic N) is 2. The average molecular weight is 571 g/mol. The number of nitrogens with one attached hydrogen (secondary N) is 1. The SMILES string of the molecule is CN=C(NCCc1ccc(Oc2ccccc2)c(F)c1)N1CCC(OCCCOC)CC1.I. The van der Waals surface area contributed by atoms with Gasteiger partial charge in [-0.1, -0.05) is 24.3 Å². The molecule has 0 saturated carbocycles. The van der Waals surface area contributed by atoms with Crippen LogP contribution < -0.4 is 10.1 Å². The van der Waals surface area contributed by atoms with E-state index in [0.717, 1.165) is 57.1 Å². The van der Waals surface area contributed by atoms with Gasteiger partial charge in [0.05, 0.1) is 6.10 Å². The molecule has 33 heavy (non-hydrogen) atoms. The summed E-state index contributed by atoms with van der Waals surface area (Å²) in [6.45, 7) is 3.99. The molecular formula is C25H35FIN3O3. The van der Waals surface area contributed by atoms with Gasteiger partial charge >= 0.3 is 0 Å². The minimum Gasteiger partial charge on any atom is -0.454 e. The first-order valence-electron chi connectivity index (χ1n) is 11.3. The van der Waals surface area contributed by atoms with Crippen molar-refractivity contribution in [1.82, 2.24) is 10.2 Å². The van der Waals surface area contributed by atoms with Gasteiger partial charge in [-0.05, 0) is 55.5 Å². The van der Waals surface area contributed by atoms with Crippen molar-refractivity contribution < 1.29 is 18.6 Å². The number of likely N-dealkylation sites (tertiary alicyclic amines) is 1. The summed E-state index contributed by atoms with van der Waals surface area (Å²) in [7, 11) is 3.51. The van der Waals surface area contributed by atoms with E-state index in [-0.39, 0.29) is 35.5 Å². The third-order valence-electron chi connectivity index (χ3n) is 5.46. The van der Waals surface area contributed by atoms with Gasteiger partial charge in [0.25, 0.3) is 0 Å². The van der Waals surface area contributed by atoms with E-state index in [1.54, 1.807) is 32.4 Å². The molecule has 0 aliphatic carbocycles. The fraction of sp³-hybridized carbons (Fsp3) is 0.480. The maximum atomic E-state index is 14.5. The van der Waals surface area contributed by atoms with Gasteiger partial charge in [0.15, 0.2) is 17.5 Å². The summed E-state index contributed by atoms with van der Waals surface area (Å²) < 4.78 is 31.1. The van der Waals surface area contributed by atoms with Crippen LogP contribution in [0.15, 0.2) is 53.5 Å².